The Kier molecular flexibility index (Phi) is 4.10. The van der Waals surface area contributed by atoms with Gasteiger partial charge < -0.3 is 15.1 Å². The predicted molar refractivity (Wildman–Crippen MR) is 63.4 cm³/mol. The number of carbonyl (C=O) groups is 2. The van der Waals surface area contributed by atoms with Crippen LogP contribution in [0.1, 0.15) is 29.8 Å². The topological polar surface area (TPSA) is 109 Å². The van der Waals surface area contributed by atoms with Gasteiger partial charge in [-0.1, -0.05) is 5.21 Å². The van der Waals surface area contributed by atoms with Gasteiger partial charge in [-0.3, -0.25) is 4.79 Å². The van der Waals surface area contributed by atoms with Crippen LogP contribution in [-0.2, 0) is 11.3 Å². The molecule has 8 heteroatoms. The van der Waals surface area contributed by atoms with Crippen molar-refractivity contribution in [1.82, 2.24) is 19.9 Å². The van der Waals surface area contributed by atoms with Crippen LogP contribution < -0.4 is 0 Å². The second kappa shape index (κ2) is 5.79. The molecule has 19 heavy (non-hydrogen) atoms. The number of aromatic nitrogens is 3. The highest BCUT2D eigenvalue weighted by molar-refractivity contribution is 5.84. The number of carboxylic acids is 1. The van der Waals surface area contributed by atoms with E-state index in [1.807, 2.05) is 0 Å². The van der Waals surface area contributed by atoms with E-state index in [4.69, 9.17) is 10.2 Å². The van der Waals surface area contributed by atoms with Crippen LogP contribution >= 0.6 is 0 Å². The van der Waals surface area contributed by atoms with E-state index in [1.165, 1.54) is 10.9 Å². The molecule has 104 valence electrons. The van der Waals surface area contributed by atoms with Crippen LogP contribution in [0.15, 0.2) is 6.20 Å². The van der Waals surface area contributed by atoms with Gasteiger partial charge in [-0.05, 0) is 19.3 Å². The SMILES string of the molecule is O=C(O)c1cn(CC(=O)N(CCO)C2CCC2)nn1. The average molecular weight is 268 g/mol. The molecule has 1 aliphatic rings. The van der Waals surface area contributed by atoms with Crippen LogP contribution in [0, 0.1) is 0 Å². The summed E-state index contributed by atoms with van der Waals surface area (Å²) < 4.78 is 1.20. The second-order valence-corrected chi connectivity index (χ2v) is 4.50. The fourth-order valence-electron chi connectivity index (χ4n) is 2.02. The third-order valence-corrected chi connectivity index (χ3v) is 3.23. The van der Waals surface area contributed by atoms with Gasteiger partial charge in [-0.2, -0.15) is 0 Å². The highest BCUT2D eigenvalue weighted by Crippen LogP contribution is 2.24. The van der Waals surface area contributed by atoms with E-state index in [0.717, 1.165) is 19.3 Å². The number of carboxylic acid groups (broad SMARTS) is 1. The van der Waals surface area contributed by atoms with E-state index >= 15 is 0 Å². The van der Waals surface area contributed by atoms with Gasteiger partial charge >= 0.3 is 5.97 Å². The van der Waals surface area contributed by atoms with Gasteiger partial charge in [-0.25, -0.2) is 9.48 Å². The van der Waals surface area contributed by atoms with Gasteiger partial charge in [0.25, 0.3) is 0 Å². The zero-order valence-corrected chi connectivity index (χ0v) is 10.4. The highest BCUT2D eigenvalue weighted by Gasteiger charge is 2.28. The van der Waals surface area contributed by atoms with Gasteiger partial charge in [0.2, 0.25) is 5.91 Å². The minimum absolute atomic E-state index is 0.0588. The number of aliphatic hydroxyl groups is 1. The first-order valence-corrected chi connectivity index (χ1v) is 6.15. The van der Waals surface area contributed by atoms with Crippen molar-refractivity contribution >= 4 is 11.9 Å². The van der Waals surface area contributed by atoms with Crippen LogP contribution in [0.3, 0.4) is 0 Å². The van der Waals surface area contributed by atoms with E-state index in [1.54, 1.807) is 4.90 Å². The lowest BCUT2D eigenvalue weighted by Gasteiger charge is -2.37. The van der Waals surface area contributed by atoms with Crippen molar-refractivity contribution in [3.05, 3.63) is 11.9 Å². The quantitative estimate of drug-likeness (QED) is 0.709. The molecule has 0 radical (unpaired) electrons. The van der Waals surface area contributed by atoms with Crippen molar-refractivity contribution in [3.8, 4) is 0 Å². The van der Waals surface area contributed by atoms with Crippen LogP contribution in [0.5, 0.6) is 0 Å². The summed E-state index contributed by atoms with van der Waals surface area (Å²) in [6, 6.07) is 0.183. The van der Waals surface area contributed by atoms with Crippen molar-refractivity contribution in [2.24, 2.45) is 0 Å². The number of nitrogens with zero attached hydrogens (tertiary/aromatic N) is 4. The summed E-state index contributed by atoms with van der Waals surface area (Å²) in [5.74, 6) is -1.36. The van der Waals surface area contributed by atoms with E-state index in [-0.39, 0.29) is 30.8 Å². The fourth-order valence-corrected chi connectivity index (χ4v) is 2.02. The Hall–Kier alpha value is -1.96. The van der Waals surface area contributed by atoms with Crippen molar-refractivity contribution in [2.75, 3.05) is 13.2 Å². The van der Waals surface area contributed by atoms with Gasteiger partial charge in [0.05, 0.1) is 12.8 Å². The third kappa shape index (κ3) is 3.08. The smallest absolute Gasteiger partial charge is 0.358 e. The Morgan fingerprint density at radius 1 is 1.47 bits per heavy atom. The Balaban J connectivity index is 1.98. The number of hydrogen-bond donors (Lipinski definition) is 2. The van der Waals surface area contributed by atoms with Crippen LogP contribution in [0.2, 0.25) is 0 Å². The third-order valence-electron chi connectivity index (χ3n) is 3.23. The molecule has 0 saturated heterocycles. The molecule has 1 heterocycles. The molecule has 0 aromatic carbocycles. The Morgan fingerprint density at radius 3 is 2.68 bits per heavy atom. The summed E-state index contributed by atoms with van der Waals surface area (Å²) in [7, 11) is 0. The molecule has 1 fully saturated rings. The summed E-state index contributed by atoms with van der Waals surface area (Å²) in [5, 5.41) is 24.8. The van der Waals surface area contributed by atoms with Gasteiger partial charge in [0, 0.05) is 12.6 Å². The Bertz CT molecular complexity index is 469. The molecule has 2 N–H and O–H groups in total. The second-order valence-electron chi connectivity index (χ2n) is 4.50. The lowest BCUT2D eigenvalue weighted by atomic mass is 9.91. The lowest BCUT2D eigenvalue weighted by molar-refractivity contribution is -0.136. The van der Waals surface area contributed by atoms with Crippen molar-refractivity contribution in [3.63, 3.8) is 0 Å². The zero-order valence-electron chi connectivity index (χ0n) is 10.4. The number of hydrogen-bond acceptors (Lipinski definition) is 5. The monoisotopic (exact) mass is 268 g/mol. The molecule has 0 atom stereocenters. The van der Waals surface area contributed by atoms with E-state index in [9.17, 15) is 9.59 Å². The molecule has 2 rings (SSSR count). The first-order chi connectivity index (χ1) is 9.11. The standard InChI is InChI=1S/C11H16N4O4/c16-5-4-15(8-2-1-3-8)10(17)7-14-6-9(11(18)19)12-13-14/h6,8,16H,1-5,7H2,(H,18,19). The lowest BCUT2D eigenvalue weighted by Crippen LogP contribution is -2.47. The molecule has 0 spiro atoms. The van der Waals surface area contributed by atoms with Crippen molar-refractivity contribution in [1.29, 1.82) is 0 Å². The predicted octanol–water partition coefficient (Wildman–Crippen LogP) is -0.650. The van der Waals surface area contributed by atoms with Gasteiger partial charge in [0.1, 0.15) is 6.54 Å². The molecule has 1 amide bonds. The van der Waals surface area contributed by atoms with Crippen LogP contribution in [0.25, 0.3) is 0 Å². The Labute approximate surface area is 109 Å². The maximum atomic E-state index is 12.1. The molecule has 1 aromatic rings. The first kappa shape index (κ1) is 13.5. The van der Waals surface area contributed by atoms with Crippen LogP contribution in [0.4, 0.5) is 0 Å². The molecule has 1 aliphatic carbocycles. The zero-order chi connectivity index (χ0) is 13.8. The summed E-state index contributed by atoms with van der Waals surface area (Å²) in [6.45, 7) is 0.154. The number of aliphatic hydroxyl groups excluding tert-OH is 1. The molecule has 0 unspecified atom stereocenters. The first-order valence-electron chi connectivity index (χ1n) is 6.15. The minimum Gasteiger partial charge on any atom is -0.476 e. The summed E-state index contributed by atoms with van der Waals surface area (Å²) in [6.07, 6.45) is 4.21. The number of amides is 1. The van der Waals surface area contributed by atoms with Crippen molar-refractivity contribution in [2.45, 2.75) is 31.8 Å². The van der Waals surface area contributed by atoms with E-state index in [0.29, 0.717) is 6.54 Å². The fraction of sp³-hybridized carbons (Fsp3) is 0.636. The minimum atomic E-state index is -1.18. The molecular weight excluding hydrogens is 252 g/mol. The Morgan fingerprint density at radius 2 is 2.21 bits per heavy atom. The summed E-state index contributed by atoms with van der Waals surface area (Å²) >= 11 is 0. The van der Waals surface area contributed by atoms with E-state index < -0.39 is 5.97 Å². The van der Waals surface area contributed by atoms with Gasteiger partial charge in [0.15, 0.2) is 5.69 Å². The molecule has 1 aromatic heterocycles. The highest BCUT2D eigenvalue weighted by atomic mass is 16.4. The molecular formula is C11H16N4O4. The normalized spacial score (nSPS) is 15.0. The summed E-state index contributed by atoms with van der Waals surface area (Å²) in [5.41, 5.74) is -0.190. The average Bonchev–Trinajstić information content (AvgIpc) is 2.74. The molecule has 0 bridgehead atoms. The van der Waals surface area contributed by atoms with Gasteiger partial charge in [-0.15, -0.1) is 5.10 Å². The van der Waals surface area contributed by atoms with Crippen molar-refractivity contribution < 1.29 is 19.8 Å². The molecule has 0 aliphatic heterocycles. The van der Waals surface area contributed by atoms with Crippen LogP contribution in [-0.4, -0.2) is 61.2 Å². The van der Waals surface area contributed by atoms with E-state index in [2.05, 4.69) is 10.3 Å². The maximum absolute atomic E-state index is 12.1. The molecule has 1 saturated carbocycles. The maximum Gasteiger partial charge on any atom is 0.358 e. The number of carbonyl (C=O) groups excluding carboxylic acids is 1. The number of rotatable bonds is 6. The molecule has 8 nitrogen and oxygen atoms in total. The largest absolute Gasteiger partial charge is 0.476 e. The summed E-state index contributed by atoms with van der Waals surface area (Å²) in [4.78, 5) is 24.4. The number of aromatic carboxylic acids is 1.